The first-order valence-electron chi connectivity index (χ1n) is 5.18. The Labute approximate surface area is 98.2 Å². The molecule has 5 heteroatoms. The maximum absolute atomic E-state index is 13.7. The minimum Gasteiger partial charge on any atom is -0.486 e. The molecule has 2 N–H and O–H groups in total. The highest BCUT2D eigenvalue weighted by molar-refractivity contribution is 5.94. The van der Waals surface area contributed by atoms with Crippen molar-refractivity contribution in [3.8, 4) is 5.75 Å². The van der Waals surface area contributed by atoms with Gasteiger partial charge in [0, 0.05) is 30.4 Å². The minimum absolute atomic E-state index is 0.117. The van der Waals surface area contributed by atoms with E-state index < -0.39 is 5.82 Å². The topological polar surface area (TPSA) is 57.4 Å². The minimum atomic E-state index is -0.509. The van der Waals surface area contributed by atoms with E-state index in [4.69, 9.17) is 15.2 Å². The normalized spacial score (nSPS) is 10.7. The first-order chi connectivity index (χ1) is 8.24. The van der Waals surface area contributed by atoms with Gasteiger partial charge in [0.05, 0.1) is 6.61 Å². The molecule has 0 saturated carbocycles. The number of pyridine rings is 1. The first-order valence-corrected chi connectivity index (χ1v) is 5.18. The maximum Gasteiger partial charge on any atom is 0.181 e. The van der Waals surface area contributed by atoms with Gasteiger partial charge in [0.25, 0.3) is 0 Å². The molecule has 2 aromatic rings. The lowest BCUT2D eigenvalue weighted by molar-refractivity contribution is 0.144. The van der Waals surface area contributed by atoms with Gasteiger partial charge in [-0.1, -0.05) is 0 Å². The molecule has 1 heterocycles. The van der Waals surface area contributed by atoms with Gasteiger partial charge >= 0.3 is 0 Å². The molecule has 0 aliphatic rings. The molecule has 0 spiro atoms. The van der Waals surface area contributed by atoms with E-state index in [1.165, 1.54) is 6.07 Å². The number of fused-ring (bicyclic) bond motifs is 1. The molecular weight excluding hydrogens is 223 g/mol. The Morgan fingerprint density at radius 1 is 1.41 bits per heavy atom. The van der Waals surface area contributed by atoms with E-state index in [0.29, 0.717) is 23.2 Å². The summed E-state index contributed by atoms with van der Waals surface area (Å²) in [6.07, 6.45) is 1.57. The molecule has 0 aliphatic carbocycles. The summed E-state index contributed by atoms with van der Waals surface area (Å²) in [5.74, 6) is -0.392. The number of nitrogens with two attached hydrogens (primary N) is 1. The van der Waals surface area contributed by atoms with Crippen molar-refractivity contribution in [3.63, 3.8) is 0 Å². The second-order valence-electron chi connectivity index (χ2n) is 3.52. The quantitative estimate of drug-likeness (QED) is 0.651. The van der Waals surface area contributed by atoms with Crippen molar-refractivity contribution in [1.29, 1.82) is 0 Å². The van der Waals surface area contributed by atoms with Crippen LogP contribution < -0.4 is 10.5 Å². The number of rotatable bonds is 4. The Balaban J connectivity index is 2.46. The zero-order valence-electron chi connectivity index (χ0n) is 9.44. The second kappa shape index (κ2) is 4.97. The summed E-state index contributed by atoms with van der Waals surface area (Å²) in [7, 11) is 1.55. The van der Waals surface area contributed by atoms with E-state index in [9.17, 15) is 4.39 Å². The standard InChI is InChI=1S/C12H13FN2O2/c1-16-5-6-17-12-9(13)7-10(14)8-3-2-4-15-11(8)12/h2-4,7H,5-6,14H2,1H3. The Kier molecular flexibility index (Phi) is 3.39. The lowest BCUT2D eigenvalue weighted by Crippen LogP contribution is -2.07. The molecule has 17 heavy (non-hydrogen) atoms. The number of hydrogen-bond acceptors (Lipinski definition) is 4. The Hall–Kier alpha value is -1.88. The summed E-state index contributed by atoms with van der Waals surface area (Å²) in [4.78, 5) is 4.10. The highest BCUT2D eigenvalue weighted by atomic mass is 19.1. The maximum atomic E-state index is 13.7. The first kappa shape index (κ1) is 11.6. The van der Waals surface area contributed by atoms with Crippen LogP contribution in [0.15, 0.2) is 24.4 Å². The van der Waals surface area contributed by atoms with Crippen molar-refractivity contribution < 1.29 is 13.9 Å². The summed E-state index contributed by atoms with van der Waals surface area (Å²) < 4.78 is 23.9. The van der Waals surface area contributed by atoms with E-state index in [2.05, 4.69) is 4.98 Å². The van der Waals surface area contributed by atoms with Gasteiger partial charge in [-0.3, -0.25) is 4.98 Å². The zero-order chi connectivity index (χ0) is 12.3. The van der Waals surface area contributed by atoms with Crippen LogP contribution >= 0.6 is 0 Å². The zero-order valence-corrected chi connectivity index (χ0v) is 9.44. The summed E-state index contributed by atoms with van der Waals surface area (Å²) in [6.45, 7) is 0.654. The summed E-state index contributed by atoms with van der Waals surface area (Å²) in [5, 5.41) is 0.682. The highest BCUT2D eigenvalue weighted by Crippen LogP contribution is 2.31. The third-order valence-corrected chi connectivity index (χ3v) is 2.37. The number of benzene rings is 1. The molecule has 0 fully saturated rings. The van der Waals surface area contributed by atoms with Gasteiger partial charge in [0.1, 0.15) is 12.1 Å². The van der Waals surface area contributed by atoms with Gasteiger partial charge in [-0.2, -0.15) is 0 Å². The SMILES string of the molecule is COCCOc1c(F)cc(N)c2cccnc12. The van der Waals surface area contributed by atoms with Crippen molar-refractivity contribution in [2.75, 3.05) is 26.1 Å². The number of halogens is 1. The molecule has 0 saturated heterocycles. The van der Waals surface area contributed by atoms with Gasteiger partial charge < -0.3 is 15.2 Å². The van der Waals surface area contributed by atoms with Crippen molar-refractivity contribution in [2.45, 2.75) is 0 Å². The lowest BCUT2D eigenvalue weighted by atomic mass is 10.1. The van der Waals surface area contributed by atoms with Gasteiger partial charge in [-0.05, 0) is 12.1 Å². The molecule has 1 aromatic heterocycles. The number of hydrogen-bond donors (Lipinski definition) is 1. The molecule has 0 unspecified atom stereocenters. The van der Waals surface area contributed by atoms with Crippen molar-refractivity contribution in [2.24, 2.45) is 0 Å². The van der Waals surface area contributed by atoms with Crippen molar-refractivity contribution in [1.82, 2.24) is 4.98 Å². The van der Waals surface area contributed by atoms with Crippen LogP contribution in [0, 0.1) is 5.82 Å². The molecule has 1 aromatic carbocycles. The molecule has 0 bridgehead atoms. The molecule has 0 radical (unpaired) electrons. The highest BCUT2D eigenvalue weighted by Gasteiger charge is 2.12. The smallest absolute Gasteiger partial charge is 0.181 e. The van der Waals surface area contributed by atoms with E-state index in [0.717, 1.165) is 0 Å². The van der Waals surface area contributed by atoms with Crippen molar-refractivity contribution in [3.05, 3.63) is 30.2 Å². The second-order valence-corrected chi connectivity index (χ2v) is 3.52. The summed E-state index contributed by atoms with van der Waals surface area (Å²) in [5.41, 5.74) is 6.50. The number of ether oxygens (including phenoxy) is 2. The molecule has 0 atom stereocenters. The molecule has 4 nitrogen and oxygen atoms in total. The molecule has 2 rings (SSSR count). The van der Waals surface area contributed by atoms with Crippen LogP contribution in [-0.2, 0) is 4.74 Å². The van der Waals surface area contributed by atoms with Gasteiger partial charge in [-0.25, -0.2) is 4.39 Å². The molecular formula is C12H13FN2O2. The fraction of sp³-hybridized carbons (Fsp3) is 0.250. The number of methoxy groups -OCH3 is 1. The fourth-order valence-electron chi connectivity index (χ4n) is 1.58. The Morgan fingerprint density at radius 3 is 3.00 bits per heavy atom. The third kappa shape index (κ3) is 2.29. The van der Waals surface area contributed by atoms with Gasteiger partial charge in [-0.15, -0.1) is 0 Å². The van der Waals surface area contributed by atoms with Crippen LogP contribution in [0.25, 0.3) is 10.9 Å². The molecule has 0 aliphatic heterocycles. The monoisotopic (exact) mass is 236 g/mol. The van der Waals surface area contributed by atoms with Crippen LogP contribution in [0.3, 0.4) is 0 Å². The average Bonchev–Trinajstić information content (AvgIpc) is 2.33. The predicted octanol–water partition coefficient (Wildman–Crippen LogP) is 1.98. The predicted molar refractivity (Wildman–Crippen MR) is 63.5 cm³/mol. The molecule has 0 amide bonds. The van der Waals surface area contributed by atoms with Crippen LogP contribution in [0.2, 0.25) is 0 Å². The number of nitrogens with zero attached hydrogens (tertiary/aromatic N) is 1. The van der Waals surface area contributed by atoms with Crippen LogP contribution in [0.1, 0.15) is 0 Å². The Bertz CT molecular complexity index is 531. The Morgan fingerprint density at radius 2 is 2.24 bits per heavy atom. The van der Waals surface area contributed by atoms with E-state index in [1.807, 2.05) is 0 Å². The van der Waals surface area contributed by atoms with Crippen molar-refractivity contribution >= 4 is 16.6 Å². The summed E-state index contributed by atoms with van der Waals surface area (Å²) in [6, 6.07) is 4.77. The largest absolute Gasteiger partial charge is 0.486 e. The molecule has 90 valence electrons. The van der Waals surface area contributed by atoms with Gasteiger partial charge in [0.2, 0.25) is 0 Å². The fourth-order valence-corrected chi connectivity index (χ4v) is 1.58. The van der Waals surface area contributed by atoms with Crippen LogP contribution in [0.4, 0.5) is 10.1 Å². The number of anilines is 1. The van der Waals surface area contributed by atoms with Crippen LogP contribution in [0.5, 0.6) is 5.75 Å². The van der Waals surface area contributed by atoms with Gasteiger partial charge in [0.15, 0.2) is 11.6 Å². The summed E-state index contributed by atoms with van der Waals surface area (Å²) >= 11 is 0. The third-order valence-electron chi connectivity index (χ3n) is 2.37. The van der Waals surface area contributed by atoms with E-state index >= 15 is 0 Å². The lowest BCUT2D eigenvalue weighted by Gasteiger charge is -2.10. The number of nitrogen functional groups attached to an aromatic ring is 1. The van der Waals surface area contributed by atoms with E-state index in [1.54, 1.807) is 25.4 Å². The number of aromatic nitrogens is 1. The van der Waals surface area contributed by atoms with Crippen LogP contribution in [-0.4, -0.2) is 25.3 Å². The van der Waals surface area contributed by atoms with E-state index in [-0.39, 0.29) is 12.4 Å². The average molecular weight is 236 g/mol.